The summed E-state index contributed by atoms with van der Waals surface area (Å²) in [5.74, 6) is 1.52. The van der Waals surface area contributed by atoms with E-state index in [1.807, 2.05) is 18.3 Å². The minimum atomic E-state index is 0.103. The van der Waals surface area contributed by atoms with Crippen molar-refractivity contribution in [1.82, 2.24) is 15.6 Å². The van der Waals surface area contributed by atoms with Gasteiger partial charge in [0.05, 0.1) is 6.54 Å². The average molecular weight is 391 g/mol. The number of ether oxygens (including phenoxy) is 1. The molecule has 158 valence electrons. The first-order valence-corrected chi connectivity index (χ1v) is 10.9. The molecule has 3 N–H and O–H groups in total. The Labute approximate surface area is 170 Å². The molecule has 0 aliphatic heterocycles. The Morgan fingerprint density at radius 1 is 1.21 bits per heavy atom. The second-order valence-corrected chi connectivity index (χ2v) is 7.76. The number of nitrogens with zero attached hydrogens (tertiary/aromatic N) is 2. The fraction of sp³-hybridized carbons (Fsp3) is 0.727. The van der Waals surface area contributed by atoms with Gasteiger partial charge in [0.15, 0.2) is 5.96 Å². The molecule has 1 aliphatic rings. The SMILES string of the molecule is CCNC(=NCc1ccc(OC2CCCC2)nc1)NCC(CC)(CC)CCO. The van der Waals surface area contributed by atoms with Crippen molar-refractivity contribution in [2.24, 2.45) is 10.4 Å². The highest BCUT2D eigenvalue weighted by Crippen LogP contribution is 2.29. The van der Waals surface area contributed by atoms with Crippen LogP contribution in [0.1, 0.15) is 71.3 Å². The number of aliphatic hydroxyl groups is 1. The van der Waals surface area contributed by atoms with Crippen molar-refractivity contribution < 1.29 is 9.84 Å². The number of nitrogens with one attached hydrogen (secondary N) is 2. The van der Waals surface area contributed by atoms with E-state index >= 15 is 0 Å². The minimum Gasteiger partial charge on any atom is -0.474 e. The number of pyridine rings is 1. The van der Waals surface area contributed by atoms with E-state index in [1.165, 1.54) is 12.8 Å². The standard InChI is InChI=1S/C22H38N4O2/c1-4-22(5-2,13-14-27)17-26-21(23-6-3)25-16-18-11-12-20(24-15-18)28-19-9-7-8-10-19/h11-12,15,19,27H,4-10,13-14,16-17H2,1-3H3,(H2,23,25,26). The van der Waals surface area contributed by atoms with Gasteiger partial charge in [-0.05, 0) is 62.8 Å². The van der Waals surface area contributed by atoms with Crippen LogP contribution in [0.3, 0.4) is 0 Å². The average Bonchev–Trinajstić information content (AvgIpc) is 3.23. The van der Waals surface area contributed by atoms with Gasteiger partial charge in [0.25, 0.3) is 0 Å². The molecule has 0 saturated heterocycles. The molecule has 0 atom stereocenters. The summed E-state index contributed by atoms with van der Waals surface area (Å²) in [4.78, 5) is 9.14. The Morgan fingerprint density at radius 3 is 2.54 bits per heavy atom. The molecule has 1 heterocycles. The normalized spacial score (nSPS) is 15.6. The van der Waals surface area contributed by atoms with Crippen LogP contribution in [0.2, 0.25) is 0 Å². The van der Waals surface area contributed by atoms with Crippen LogP contribution in [-0.4, -0.2) is 41.9 Å². The van der Waals surface area contributed by atoms with Crippen LogP contribution >= 0.6 is 0 Å². The maximum atomic E-state index is 9.41. The quantitative estimate of drug-likeness (QED) is 0.397. The molecule has 0 spiro atoms. The molecule has 0 aromatic carbocycles. The molecular formula is C22H38N4O2. The van der Waals surface area contributed by atoms with Crippen molar-refractivity contribution in [3.63, 3.8) is 0 Å². The van der Waals surface area contributed by atoms with E-state index in [9.17, 15) is 5.11 Å². The van der Waals surface area contributed by atoms with Gasteiger partial charge in [-0.15, -0.1) is 0 Å². The molecule has 28 heavy (non-hydrogen) atoms. The van der Waals surface area contributed by atoms with Gasteiger partial charge < -0.3 is 20.5 Å². The Bertz CT molecular complexity index is 579. The lowest BCUT2D eigenvalue weighted by atomic mass is 9.79. The summed E-state index contributed by atoms with van der Waals surface area (Å²) in [6, 6.07) is 3.99. The first-order valence-electron chi connectivity index (χ1n) is 10.9. The minimum absolute atomic E-state index is 0.103. The number of rotatable bonds is 11. The third kappa shape index (κ3) is 6.97. The highest BCUT2D eigenvalue weighted by Gasteiger charge is 2.25. The van der Waals surface area contributed by atoms with E-state index in [0.29, 0.717) is 18.5 Å². The van der Waals surface area contributed by atoms with E-state index < -0.39 is 0 Å². The topological polar surface area (TPSA) is 78.8 Å². The highest BCUT2D eigenvalue weighted by molar-refractivity contribution is 5.79. The lowest BCUT2D eigenvalue weighted by molar-refractivity contribution is 0.169. The maximum Gasteiger partial charge on any atom is 0.213 e. The van der Waals surface area contributed by atoms with Crippen LogP contribution in [-0.2, 0) is 6.54 Å². The second kappa shape index (κ2) is 11.9. The monoisotopic (exact) mass is 390 g/mol. The molecule has 1 fully saturated rings. The number of hydrogen-bond acceptors (Lipinski definition) is 4. The van der Waals surface area contributed by atoms with E-state index in [1.54, 1.807) is 0 Å². The summed E-state index contributed by atoms with van der Waals surface area (Å²) < 4.78 is 5.93. The Kier molecular flexibility index (Phi) is 9.55. The van der Waals surface area contributed by atoms with E-state index in [2.05, 4.69) is 36.4 Å². The van der Waals surface area contributed by atoms with Crippen LogP contribution in [0.15, 0.2) is 23.3 Å². The van der Waals surface area contributed by atoms with Crippen molar-refractivity contribution >= 4 is 5.96 Å². The molecule has 6 heteroatoms. The zero-order valence-corrected chi connectivity index (χ0v) is 17.8. The van der Waals surface area contributed by atoms with Gasteiger partial charge in [0.2, 0.25) is 5.88 Å². The highest BCUT2D eigenvalue weighted by atomic mass is 16.5. The molecular weight excluding hydrogens is 352 g/mol. The number of guanidine groups is 1. The molecule has 2 rings (SSSR count). The fourth-order valence-electron chi connectivity index (χ4n) is 3.71. The van der Waals surface area contributed by atoms with E-state index in [4.69, 9.17) is 9.73 Å². The third-order valence-corrected chi connectivity index (χ3v) is 5.92. The molecule has 1 aromatic rings. The molecule has 0 amide bonds. The molecule has 0 bridgehead atoms. The smallest absolute Gasteiger partial charge is 0.213 e. The molecule has 1 saturated carbocycles. The molecule has 0 radical (unpaired) electrons. The lowest BCUT2D eigenvalue weighted by Gasteiger charge is -2.32. The van der Waals surface area contributed by atoms with Crippen molar-refractivity contribution in [2.75, 3.05) is 19.7 Å². The zero-order valence-electron chi connectivity index (χ0n) is 17.8. The second-order valence-electron chi connectivity index (χ2n) is 7.76. The van der Waals surface area contributed by atoms with Gasteiger partial charge in [-0.25, -0.2) is 9.98 Å². The predicted molar refractivity (Wildman–Crippen MR) is 115 cm³/mol. The Hall–Kier alpha value is -1.82. The first kappa shape index (κ1) is 22.5. The van der Waals surface area contributed by atoms with E-state index in [-0.39, 0.29) is 12.0 Å². The van der Waals surface area contributed by atoms with Crippen molar-refractivity contribution in [1.29, 1.82) is 0 Å². The van der Waals surface area contributed by atoms with E-state index in [0.717, 1.165) is 56.7 Å². The zero-order chi connectivity index (χ0) is 20.2. The molecule has 1 aromatic heterocycles. The Balaban J connectivity index is 1.91. The summed E-state index contributed by atoms with van der Waals surface area (Å²) in [5, 5.41) is 16.2. The van der Waals surface area contributed by atoms with Crippen LogP contribution in [0, 0.1) is 5.41 Å². The summed E-state index contributed by atoms with van der Waals surface area (Å²) in [6.45, 7) is 8.84. The van der Waals surface area contributed by atoms with Crippen molar-refractivity contribution in [3.8, 4) is 5.88 Å². The summed E-state index contributed by atoms with van der Waals surface area (Å²) in [6.07, 6.45) is 9.84. The summed E-state index contributed by atoms with van der Waals surface area (Å²) in [5.41, 5.74) is 1.16. The molecule has 0 unspecified atom stereocenters. The number of aliphatic imine (C=N–C) groups is 1. The van der Waals surface area contributed by atoms with Gasteiger partial charge in [-0.1, -0.05) is 19.9 Å². The van der Waals surface area contributed by atoms with Gasteiger partial charge in [-0.2, -0.15) is 0 Å². The Morgan fingerprint density at radius 2 is 1.96 bits per heavy atom. The van der Waals surface area contributed by atoms with Crippen LogP contribution < -0.4 is 15.4 Å². The van der Waals surface area contributed by atoms with Crippen LogP contribution in [0.25, 0.3) is 0 Å². The first-order chi connectivity index (χ1) is 13.6. The largest absolute Gasteiger partial charge is 0.474 e. The lowest BCUT2D eigenvalue weighted by Crippen LogP contribution is -2.43. The fourth-order valence-corrected chi connectivity index (χ4v) is 3.71. The van der Waals surface area contributed by atoms with Crippen LogP contribution in [0.5, 0.6) is 5.88 Å². The molecule has 6 nitrogen and oxygen atoms in total. The number of aromatic nitrogens is 1. The van der Waals surface area contributed by atoms with Crippen molar-refractivity contribution in [2.45, 2.75) is 78.4 Å². The van der Waals surface area contributed by atoms with Gasteiger partial charge in [-0.3, -0.25) is 0 Å². The number of aliphatic hydroxyl groups excluding tert-OH is 1. The maximum absolute atomic E-state index is 9.41. The van der Waals surface area contributed by atoms with Gasteiger partial charge in [0, 0.05) is 32.0 Å². The summed E-state index contributed by atoms with van der Waals surface area (Å²) >= 11 is 0. The van der Waals surface area contributed by atoms with Gasteiger partial charge in [0.1, 0.15) is 6.10 Å². The molecule has 1 aliphatic carbocycles. The third-order valence-electron chi connectivity index (χ3n) is 5.92. The van der Waals surface area contributed by atoms with Gasteiger partial charge >= 0.3 is 0 Å². The predicted octanol–water partition coefficient (Wildman–Crippen LogP) is 3.65. The summed E-state index contributed by atoms with van der Waals surface area (Å²) in [7, 11) is 0. The van der Waals surface area contributed by atoms with Crippen molar-refractivity contribution in [3.05, 3.63) is 23.9 Å². The van der Waals surface area contributed by atoms with Crippen LogP contribution in [0.4, 0.5) is 0 Å². The number of hydrogen-bond donors (Lipinski definition) is 3.